The Bertz CT molecular complexity index is 633. The molecule has 0 aromatic carbocycles. The molecule has 0 radical (unpaired) electrons. The first-order valence-corrected chi connectivity index (χ1v) is 7.40. The Kier molecular flexibility index (Phi) is 2.86. The third kappa shape index (κ3) is 2.09. The van der Waals surface area contributed by atoms with Crippen molar-refractivity contribution in [3.63, 3.8) is 0 Å². The number of nitrogens with one attached hydrogen (secondary N) is 1. The van der Waals surface area contributed by atoms with Crippen LogP contribution in [0.1, 0.15) is 5.56 Å². The van der Waals surface area contributed by atoms with Crippen LogP contribution < -0.4 is 5.32 Å². The number of hydrogen-bond acceptors (Lipinski definition) is 4. The molecule has 3 rings (SSSR count). The lowest BCUT2D eigenvalue weighted by Crippen LogP contribution is -2.71. The van der Waals surface area contributed by atoms with E-state index in [0.29, 0.717) is 25.4 Å². The van der Waals surface area contributed by atoms with Crippen LogP contribution in [-0.2, 0) is 16.2 Å². The summed E-state index contributed by atoms with van der Waals surface area (Å²) < 4.78 is 63.4. The summed E-state index contributed by atoms with van der Waals surface area (Å²) in [5.74, 6) is 0. The molecule has 20 heavy (non-hydrogen) atoms. The highest BCUT2D eigenvalue weighted by atomic mass is 32.2. The van der Waals surface area contributed by atoms with Crippen molar-refractivity contribution >= 4 is 10.0 Å². The van der Waals surface area contributed by atoms with E-state index in [1.807, 2.05) is 0 Å². The molecule has 0 bridgehead atoms. The number of hydrogen-bond donors (Lipinski definition) is 1. The molecule has 5 nitrogen and oxygen atoms in total. The maximum atomic E-state index is 12.6. The number of halogens is 3. The maximum absolute atomic E-state index is 12.6. The topological polar surface area (TPSA) is 62.3 Å². The van der Waals surface area contributed by atoms with Gasteiger partial charge in [-0.05, 0) is 6.07 Å². The molecule has 1 N–H and O–H groups in total. The molecule has 2 saturated heterocycles. The summed E-state index contributed by atoms with van der Waals surface area (Å²) in [6, 6.07) is 0.631. The normalized spacial score (nSPS) is 22.4. The zero-order valence-electron chi connectivity index (χ0n) is 10.3. The summed E-state index contributed by atoms with van der Waals surface area (Å²) >= 11 is 0. The maximum Gasteiger partial charge on any atom is 0.417 e. The van der Waals surface area contributed by atoms with Crippen LogP contribution in [0, 0.1) is 5.41 Å². The van der Waals surface area contributed by atoms with Crippen LogP contribution >= 0.6 is 0 Å². The quantitative estimate of drug-likeness (QED) is 0.873. The second-order valence-corrected chi connectivity index (χ2v) is 7.22. The Balaban J connectivity index is 1.85. The Hall–Kier alpha value is -1.19. The average Bonchev–Trinajstić information content (AvgIpc) is 2.24. The highest BCUT2D eigenvalue weighted by Crippen LogP contribution is 2.38. The van der Waals surface area contributed by atoms with Crippen LogP contribution in [0.15, 0.2) is 23.4 Å². The summed E-state index contributed by atoms with van der Waals surface area (Å²) in [5, 5.41) is 3.06. The molecule has 0 saturated carbocycles. The van der Waals surface area contributed by atoms with E-state index in [1.54, 1.807) is 0 Å². The molecule has 2 aliphatic rings. The van der Waals surface area contributed by atoms with Gasteiger partial charge in [0.2, 0.25) is 10.0 Å². The Morgan fingerprint density at radius 1 is 1.25 bits per heavy atom. The molecule has 0 atom stereocenters. The van der Waals surface area contributed by atoms with E-state index in [1.165, 1.54) is 4.31 Å². The molecule has 0 unspecified atom stereocenters. The van der Waals surface area contributed by atoms with Gasteiger partial charge in [0, 0.05) is 44.0 Å². The zero-order valence-corrected chi connectivity index (χ0v) is 11.1. The Labute approximate surface area is 113 Å². The van der Waals surface area contributed by atoms with E-state index < -0.39 is 26.7 Å². The lowest BCUT2D eigenvalue weighted by molar-refractivity contribution is -0.138. The van der Waals surface area contributed by atoms with Crippen molar-refractivity contribution in [1.82, 2.24) is 14.6 Å². The van der Waals surface area contributed by atoms with Crippen molar-refractivity contribution < 1.29 is 21.6 Å². The first kappa shape index (κ1) is 13.8. The molecule has 2 fully saturated rings. The van der Waals surface area contributed by atoms with E-state index >= 15 is 0 Å². The van der Waals surface area contributed by atoms with Gasteiger partial charge in [-0.15, -0.1) is 0 Å². The third-order valence-electron chi connectivity index (χ3n) is 3.70. The predicted octanol–water partition coefficient (Wildman–Crippen LogP) is 0.694. The van der Waals surface area contributed by atoms with Gasteiger partial charge in [0.05, 0.1) is 5.56 Å². The van der Waals surface area contributed by atoms with Crippen molar-refractivity contribution in [2.45, 2.75) is 11.1 Å². The molecule has 0 aliphatic carbocycles. The molecule has 3 heterocycles. The predicted molar refractivity (Wildman–Crippen MR) is 63.3 cm³/mol. The van der Waals surface area contributed by atoms with E-state index in [-0.39, 0.29) is 5.41 Å². The smallest absolute Gasteiger partial charge is 0.315 e. The van der Waals surface area contributed by atoms with Crippen LogP contribution in [0.5, 0.6) is 0 Å². The number of alkyl halides is 3. The van der Waals surface area contributed by atoms with Crippen molar-refractivity contribution in [2.24, 2.45) is 5.41 Å². The molecular weight excluding hydrogens is 295 g/mol. The van der Waals surface area contributed by atoms with Gasteiger partial charge >= 0.3 is 6.18 Å². The first-order chi connectivity index (χ1) is 9.23. The summed E-state index contributed by atoms with van der Waals surface area (Å²) in [6.07, 6.45) is -3.03. The first-order valence-electron chi connectivity index (χ1n) is 5.96. The van der Waals surface area contributed by atoms with Gasteiger partial charge in [0.1, 0.15) is 4.90 Å². The number of aromatic nitrogens is 1. The van der Waals surface area contributed by atoms with Crippen LogP contribution in [0.25, 0.3) is 0 Å². The molecule has 9 heteroatoms. The fourth-order valence-corrected chi connectivity index (χ4v) is 4.09. The highest BCUT2D eigenvalue weighted by Gasteiger charge is 2.52. The molecule has 1 aromatic rings. The second kappa shape index (κ2) is 4.15. The molecule has 110 valence electrons. The van der Waals surface area contributed by atoms with Crippen molar-refractivity contribution in [3.05, 3.63) is 24.0 Å². The SMILES string of the molecule is O=S(=O)(c1cncc(C(F)(F)F)c1)N1CC2(CNC2)C1. The fraction of sp³-hybridized carbons (Fsp3) is 0.545. The van der Waals surface area contributed by atoms with Gasteiger partial charge in [-0.2, -0.15) is 17.5 Å². The minimum atomic E-state index is -4.60. The van der Waals surface area contributed by atoms with Crippen molar-refractivity contribution in [3.8, 4) is 0 Å². The average molecular weight is 307 g/mol. The largest absolute Gasteiger partial charge is 0.417 e. The van der Waals surface area contributed by atoms with Gasteiger partial charge in [-0.1, -0.05) is 0 Å². The van der Waals surface area contributed by atoms with Crippen LogP contribution in [0.3, 0.4) is 0 Å². The van der Waals surface area contributed by atoms with E-state index in [0.717, 1.165) is 19.3 Å². The molecule has 2 aliphatic heterocycles. The van der Waals surface area contributed by atoms with Crippen molar-refractivity contribution in [2.75, 3.05) is 26.2 Å². The van der Waals surface area contributed by atoms with Crippen LogP contribution in [0.4, 0.5) is 13.2 Å². The van der Waals surface area contributed by atoms with E-state index in [2.05, 4.69) is 10.3 Å². The third-order valence-corrected chi connectivity index (χ3v) is 5.46. The van der Waals surface area contributed by atoms with E-state index in [9.17, 15) is 21.6 Å². The summed E-state index contributed by atoms with van der Waals surface area (Å²) in [6.45, 7) is 2.19. The van der Waals surface area contributed by atoms with Gasteiger partial charge in [0.15, 0.2) is 0 Å². The lowest BCUT2D eigenvalue weighted by Gasteiger charge is -2.55. The minimum Gasteiger partial charge on any atom is -0.315 e. The molecule has 1 aromatic heterocycles. The summed E-state index contributed by atoms with van der Waals surface area (Å²) in [4.78, 5) is 2.98. The fourth-order valence-electron chi connectivity index (χ4n) is 2.44. The Morgan fingerprint density at radius 2 is 1.90 bits per heavy atom. The second-order valence-electron chi connectivity index (χ2n) is 5.28. The monoisotopic (exact) mass is 307 g/mol. The summed E-state index contributed by atoms with van der Waals surface area (Å²) in [7, 11) is -3.89. The molecule has 0 amide bonds. The minimum absolute atomic E-state index is 0.0257. The van der Waals surface area contributed by atoms with Gasteiger partial charge in [-0.25, -0.2) is 8.42 Å². The van der Waals surface area contributed by atoms with E-state index in [4.69, 9.17) is 0 Å². The number of sulfonamides is 1. The Morgan fingerprint density at radius 3 is 2.40 bits per heavy atom. The van der Waals surface area contributed by atoms with Crippen LogP contribution in [0.2, 0.25) is 0 Å². The molecule has 1 spiro atoms. The molecular formula is C11H12F3N3O2S. The number of rotatable bonds is 2. The van der Waals surface area contributed by atoms with Crippen LogP contribution in [-0.4, -0.2) is 43.9 Å². The van der Waals surface area contributed by atoms with Gasteiger partial charge in [-0.3, -0.25) is 4.98 Å². The summed E-state index contributed by atoms with van der Waals surface area (Å²) in [5.41, 5.74) is -1.08. The zero-order chi connectivity index (χ0) is 14.6. The van der Waals surface area contributed by atoms with Gasteiger partial charge in [0.25, 0.3) is 0 Å². The number of nitrogens with zero attached hydrogens (tertiary/aromatic N) is 2. The van der Waals surface area contributed by atoms with Crippen molar-refractivity contribution in [1.29, 1.82) is 0 Å². The highest BCUT2D eigenvalue weighted by molar-refractivity contribution is 7.89. The number of pyridine rings is 1. The van der Waals surface area contributed by atoms with Gasteiger partial charge < -0.3 is 5.32 Å². The lowest BCUT2D eigenvalue weighted by atomic mass is 9.76. The standard InChI is InChI=1S/C11H12F3N3O2S/c12-11(13,14)8-1-9(3-15-2-8)20(18,19)17-6-10(7-17)4-16-5-10/h1-3,16H,4-7H2.